The minimum Gasteiger partial charge on any atom is -0.468 e. The van der Waals surface area contributed by atoms with Gasteiger partial charge in [-0.2, -0.15) is 0 Å². The molecule has 2 rings (SSSR count). The van der Waals surface area contributed by atoms with Crippen LogP contribution < -0.4 is 0 Å². The first-order chi connectivity index (χ1) is 8.91. The molecule has 0 unspecified atom stereocenters. The van der Waals surface area contributed by atoms with Crippen molar-refractivity contribution in [1.82, 2.24) is 0 Å². The number of hydrogen-bond acceptors (Lipinski definition) is 6. The number of carbonyl (C=O) groups excluding carboxylic acids is 2. The molecule has 0 amide bonds. The highest BCUT2D eigenvalue weighted by molar-refractivity contribution is 6.01. The molecule has 2 saturated carbocycles. The van der Waals surface area contributed by atoms with Crippen molar-refractivity contribution in [2.45, 2.75) is 31.7 Å². The van der Waals surface area contributed by atoms with E-state index in [1.807, 2.05) is 0 Å². The molecule has 0 radical (unpaired) electrons. The van der Waals surface area contributed by atoms with Crippen LogP contribution in [-0.4, -0.2) is 36.6 Å². The second-order valence-electron chi connectivity index (χ2n) is 5.27. The molecular weight excluding hydrogens is 254 g/mol. The van der Waals surface area contributed by atoms with Crippen molar-refractivity contribution in [2.24, 2.45) is 17.3 Å². The molecule has 2 aliphatic carbocycles. The Morgan fingerprint density at radius 3 is 2.16 bits per heavy atom. The fourth-order valence-electron chi connectivity index (χ4n) is 3.92. The lowest BCUT2D eigenvalue weighted by Crippen LogP contribution is -2.50. The number of nitro groups is 1. The summed E-state index contributed by atoms with van der Waals surface area (Å²) in [5.74, 6) is -2.36. The van der Waals surface area contributed by atoms with Crippen molar-refractivity contribution in [1.29, 1.82) is 0 Å². The lowest BCUT2D eigenvalue weighted by molar-refractivity contribution is -0.551. The first-order valence-electron chi connectivity index (χ1n) is 6.23. The predicted octanol–water partition coefficient (Wildman–Crippen LogP) is 0.784. The largest absolute Gasteiger partial charge is 0.468 e. The van der Waals surface area contributed by atoms with Crippen LogP contribution in [0.4, 0.5) is 0 Å². The van der Waals surface area contributed by atoms with E-state index in [0.29, 0.717) is 12.8 Å². The van der Waals surface area contributed by atoms with Crippen molar-refractivity contribution in [3.05, 3.63) is 10.1 Å². The Morgan fingerprint density at radius 1 is 1.26 bits per heavy atom. The van der Waals surface area contributed by atoms with Crippen LogP contribution in [0.25, 0.3) is 0 Å². The summed E-state index contributed by atoms with van der Waals surface area (Å²) in [7, 11) is 2.37. The lowest BCUT2D eigenvalue weighted by atomic mass is 9.71. The molecule has 19 heavy (non-hydrogen) atoms. The highest BCUT2D eigenvalue weighted by Crippen LogP contribution is 2.69. The van der Waals surface area contributed by atoms with Crippen LogP contribution in [0.1, 0.15) is 26.2 Å². The van der Waals surface area contributed by atoms with Gasteiger partial charge in [0.05, 0.1) is 20.1 Å². The second-order valence-corrected chi connectivity index (χ2v) is 5.27. The highest BCUT2D eigenvalue weighted by Gasteiger charge is 2.84. The van der Waals surface area contributed by atoms with Gasteiger partial charge in [-0.3, -0.25) is 19.7 Å². The summed E-state index contributed by atoms with van der Waals surface area (Å²) in [6.45, 7) is 1.75. The number of hydrogen-bond donors (Lipinski definition) is 0. The van der Waals surface area contributed by atoms with Gasteiger partial charge in [0.1, 0.15) is 0 Å². The van der Waals surface area contributed by atoms with E-state index in [2.05, 4.69) is 0 Å². The van der Waals surface area contributed by atoms with Crippen molar-refractivity contribution in [2.75, 3.05) is 14.2 Å². The van der Waals surface area contributed by atoms with E-state index in [1.54, 1.807) is 6.92 Å². The summed E-state index contributed by atoms with van der Waals surface area (Å²) in [5, 5.41) is 11.3. The monoisotopic (exact) mass is 271 g/mol. The second kappa shape index (κ2) is 4.18. The van der Waals surface area contributed by atoms with Crippen molar-refractivity contribution in [3.63, 3.8) is 0 Å². The van der Waals surface area contributed by atoms with Gasteiger partial charge in [0, 0.05) is 17.3 Å². The summed E-state index contributed by atoms with van der Waals surface area (Å²) < 4.78 is 9.45. The molecule has 7 heteroatoms. The minimum atomic E-state index is -1.52. The minimum absolute atomic E-state index is 0.145. The lowest BCUT2D eigenvalue weighted by Gasteiger charge is -2.31. The van der Waals surface area contributed by atoms with Crippen LogP contribution in [0.3, 0.4) is 0 Å². The van der Waals surface area contributed by atoms with Crippen LogP contribution in [0.5, 0.6) is 0 Å². The van der Waals surface area contributed by atoms with E-state index < -0.39 is 28.8 Å². The smallest absolute Gasteiger partial charge is 0.323 e. The summed E-state index contributed by atoms with van der Waals surface area (Å²) in [6, 6.07) is 0. The van der Waals surface area contributed by atoms with E-state index in [1.165, 1.54) is 14.2 Å². The zero-order chi connectivity index (χ0) is 14.4. The third-order valence-corrected chi connectivity index (χ3v) is 4.73. The molecular formula is C12H17NO6. The van der Waals surface area contributed by atoms with Gasteiger partial charge in [-0.15, -0.1) is 0 Å². The maximum absolute atomic E-state index is 12.1. The van der Waals surface area contributed by atoms with Crippen LogP contribution in [0.2, 0.25) is 0 Å². The van der Waals surface area contributed by atoms with E-state index in [9.17, 15) is 19.7 Å². The number of nitrogens with zero attached hydrogens (tertiary/aromatic N) is 1. The Balaban J connectivity index is 2.49. The van der Waals surface area contributed by atoms with Gasteiger partial charge in [0.2, 0.25) is 5.54 Å². The van der Waals surface area contributed by atoms with Crippen LogP contribution in [-0.2, 0) is 19.1 Å². The number of rotatable bonds is 4. The van der Waals surface area contributed by atoms with Crippen LogP contribution in [0, 0.1) is 27.4 Å². The van der Waals surface area contributed by atoms with Crippen molar-refractivity contribution in [3.8, 4) is 0 Å². The zero-order valence-electron chi connectivity index (χ0n) is 11.2. The molecule has 0 aromatic carbocycles. The van der Waals surface area contributed by atoms with E-state index in [4.69, 9.17) is 9.47 Å². The first kappa shape index (κ1) is 13.8. The zero-order valence-corrected chi connectivity index (χ0v) is 11.2. The number of fused-ring (bicyclic) bond motifs is 1. The summed E-state index contributed by atoms with van der Waals surface area (Å²) >= 11 is 0. The normalized spacial score (nSPS) is 34.3. The molecule has 0 bridgehead atoms. The Bertz CT molecular complexity index is 432. The third kappa shape index (κ3) is 1.44. The first-order valence-corrected chi connectivity index (χ1v) is 6.23. The third-order valence-electron chi connectivity index (χ3n) is 4.73. The van der Waals surface area contributed by atoms with Gasteiger partial charge >= 0.3 is 11.9 Å². The standard InChI is InChI=1S/C12H17NO6/c1-4-8-11(9(14)18-2,10(15)19-3)5-7-6-12(7,8)13(16)17/h7-8H,4-6H2,1-3H3/t7-,8+,12-/m1/s1. The summed E-state index contributed by atoms with van der Waals surface area (Å²) in [6.07, 6.45) is 0.932. The molecule has 2 fully saturated rings. The number of carbonyl (C=O) groups is 2. The Kier molecular flexibility index (Phi) is 3.03. The quantitative estimate of drug-likeness (QED) is 0.324. The fourth-order valence-corrected chi connectivity index (χ4v) is 3.92. The Hall–Kier alpha value is -1.66. The predicted molar refractivity (Wildman–Crippen MR) is 62.7 cm³/mol. The van der Waals surface area contributed by atoms with E-state index in [0.717, 1.165) is 0 Å². The van der Waals surface area contributed by atoms with Crippen molar-refractivity contribution >= 4 is 11.9 Å². The Labute approximate surface area is 110 Å². The number of esters is 2. The van der Waals surface area contributed by atoms with Gasteiger partial charge < -0.3 is 9.47 Å². The Morgan fingerprint density at radius 2 is 1.79 bits per heavy atom. The molecule has 0 heterocycles. The van der Waals surface area contributed by atoms with Gasteiger partial charge in [-0.25, -0.2) is 0 Å². The van der Waals surface area contributed by atoms with Gasteiger partial charge in [-0.05, 0) is 12.8 Å². The average Bonchev–Trinajstić information content (AvgIpc) is 3.04. The molecule has 0 aromatic heterocycles. The summed E-state index contributed by atoms with van der Waals surface area (Å²) in [4.78, 5) is 35.2. The molecule has 3 atom stereocenters. The number of methoxy groups -OCH3 is 2. The van der Waals surface area contributed by atoms with E-state index in [-0.39, 0.29) is 17.3 Å². The summed E-state index contributed by atoms with van der Waals surface area (Å²) in [5.41, 5.74) is -2.68. The maximum atomic E-state index is 12.1. The molecule has 0 saturated heterocycles. The van der Waals surface area contributed by atoms with Gasteiger partial charge in [0.15, 0.2) is 5.41 Å². The van der Waals surface area contributed by atoms with Crippen LogP contribution in [0.15, 0.2) is 0 Å². The van der Waals surface area contributed by atoms with Crippen molar-refractivity contribution < 1.29 is 24.0 Å². The van der Waals surface area contributed by atoms with Gasteiger partial charge in [-0.1, -0.05) is 6.92 Å². The molecule has 7 nitrogen and oxygen atoms in total. The molecule has 106 valence electrons. The van der Waals surface area contributed by atoms with Crippen LogP contribution >= 0.6 is 0 Å². The SMILES string of the molecule is CC[C@H]1C(C(=O)OC)(C(=O)OC)C[C@@H]2C[C@@]21[N+](=O)[O-]. The molecule has 2 aliphatic rings. The average molecular weight is 271 g/mol. The topological polar surface area (TPSA) is 95.7 Å². The fraction of sp³-hybridized carbons (Fsp3) is 0.833. The van der Waals surface area contributed by atoms with E-state index >= 15 is 0 Å². The maximum Gasteiger partial charge on any atom is 0.323 e. The van der Waals surface area contributed by atoms with Gasteiger partial charge in [0.25, 0.3) is 0 Å². The molecule has 0 N–H and O–H groups in total. The molecule has 0 aromatic rings. The highest BCUT2D eigenvalue weighted by atomic mass is 16.6. The molecule has 0 spiro atoms. The molecule has 0 aliphatic heterocycles. The number of ether oxygens (including phenoxy) is 2.